The fraction of sp³-hybridized carbons (Fsp3) is 0.286. The van der Waals surface area contributed by atoms with Gasteiger partial charge in [0.1, 0.15) is 11.6 Å². The van der Waals surface area contributed by atoms with E-state index in [2.05, 4.69) is 10.3 Å². The highest BCUT2D eigenvalue weighted by Crippen LogP contribution is 2.42. The van der Waals surface area contributed by atoms with Gasteiger partial charge in [-0.3, -0.25) is 4.79 Å². The Balaban J connectivity index is 2.02. The molecule has 1 saturated heterocycles. The van der Waals surface area contributed by atoms with Gasteiger partial charge in [-0.25, -0.2) is 8.78 Å². The molecule has 5 nitrogen and oxygen atoms in total. The summed E-state index contributed by atoms with van der Waals surface area (Å²) in [4.78, 5) is 16.9. The number of anilines is 1. The van der Waals surface area contributed by atoms with Crippen LogP contribution in [0.15, 0.2) is 35.1 Å². The number of hydrogen-bond donors (Lipinski definition) is 2. The maximum atomic E-state index is 15.6. The van der Waals surface area contributed by atoms with Gasteiger partial charge in [-0.05, 0) is 25.1 Å². The van der Waals surface area contributed by atoms with E-state index in [1.165, 1.54) is 31.4 Å². The Kier molecular flexibility index (Phi) is 5.19. The van der Waals surface area contributed by atoms with Crippen LogP contribution in [0.4, 0.5) is 14.5 Å². The van der Waals surface area contributed by atoms with Gasteiger partial charge in [-0.15, -0.1) is 0 Å². The molecule has 1 atom stereocenters. The molecule has 152 valence electrons. The Morgan fingerprint density at radius 3 is 2.76 bits per heavy atom. The van der Waals surface area contributed by atoms with Crippen LogP contribution >= 0.6 is 11.6 Å². The van der Waals surface area contributed by atoms with Crippen LogP contribution in [-0.4, -0.2) is 37.8 Å². The number of nitrogens with zero attached hydrogens (tertiary/aromatic N) is 1. The molecule has 0 amide bonds. The van der Waals surface area contributed by atoms with Crippen molar-refractivity contribution in [3.8, 4) is 16.9 Å². The molecule has 2 heterocycles. The second-order valence-electron chi connectivity index (χ2n) is 7.05. The number of methoxy groups -OCH3 is 1. The highest BCUT2D eigenvalue weighted by Gasteiger charge is 2.26. The Morgan fingerprint density at radius 1 is 1.24 bits per heavy atom. The Labute approximate surface area is 171 Å². The minimum absolute atomic E-state index is 0.0112. The molecule has 2 aromatic carbocycles. The average molecular weight is 420 g/mol. The minimum Gasteiger partial charge on any atom is -0.496 e. The predicted octanol–water partition coefficient (Wildman–Crippen LogP) is 3.93. The maximum absolute atomic E-state index is 15.6. The summed E-state index contributed by atoms with van der Waals surface area (Å²) in [6, 6.07) is 7.34. The van der Waals surface area contributed by atoms with E-state index in [0.717, 1.165) is 13.1 Å². The van der Waals surface area contributed by atoms with Crippen LogP contribution in [-0.2, 0) is 0 Å². The molecular formula is C21H20ClF2N3O2. The number of piperazine rings is 1. The number of hydrogen-bond acceptors (Lipinski definition) is 4. The van der Waals surface area contributed by atoms with E-state index >= 15 is 4.39 Å². The molecule has 3 aromatic rings. The van der Waals surface area contributed by atoms with Gasteiger partial charge in [0.25, 0.3) is 5.56 Å². The topological polar surface area (TPSA) is 57.4 Å². The van der Waals surface area contributed by atoms with Gasteiger partial charge in [0.2, 0.25) is 0 Å². The van der Waals surface area contributed by atoms with Crippen molar-refractivity contribution < 1.29 is 13.5 Å². The lowest BCUT2D eigenvalue weighted by atomic mass is 9.99. The first kappa shape index (κ1) is 19.7. The van der Waals surface area contributed by atoms with Gasteiger partial charge >= 0.3 is 0 Å². The lowest BCUT2D eigenvalue weighted by Crippen LogP contribution is -2.50. The van der Waals surface area contributed by atoms with E-state index in [1.54, 1.807) is 6.07 Å². The number of ether oxygens (including phenoxy) is 1. The van der Waals surface area contributed by atoms with Gasteiger partial charge in [0.15, 0.2) is 5.82 Å². The summed E-state index contributed by atoms with van der Waals surface area (Å²) in [6.07, 6.45) is 0. The summed E-state index contributed by atoms with van der Waals surface area (Å²) in [5.41, 5.74) is -0.0732. The average Bonchev–Trinajstić information content (AvgIpc) is 2.70. The van der Waals surface area contributed by atoms with Crippen molar-refractivity contribution in [1.29, 1.82) is 0 Å². The van der Waals surface area contributed by atoms with Crippen LogP contribution in [0, 0.1) is 11.6 Å². The van der Waals surface area contributed by atoms with Crippen molar-refractivity contribution in [3.63, 3.8) is 0 Å². The summed E-state index contributed by atoms with van der Waals surface area (Å²) in [7, 11) is 1.37. The van der Waals surface area contributed by atoms with Crippen LogP contribution in [0.25, 0.3) is 22.0 Å². The third-order valence-corrected chi connectivity index (χ3v) is 5.56. The van der Waals surface area contributed by atoms with Crippen LogP contribution in [0.2, 0.25) is 5.02 Å². The fourth-order valence-electron chi connectivity index (χ4n) is 3.89. The molecule has 0 radical (unpaired) electrons. The molecule has 0 saturated carbocycles. The molecule has 1 aliphatic rings. The third kappa shape index (κ3) is 3.34. The molecule has 0 aliphatic carbocycles. The molecule has 0 unspecified atom stereocenters. The quantitative estimate of drug-likeness (QED) is 0.675. The fourth-order valence-corrected chi connectivity index (χ4v) is 4.17. The Bertz CT molecular complexity index is 1150. The number of nitrogens with one attached hydrogen (secondary N) is 2. The van der Waals surface area contributed by atoms with Crippen LogP contribution in [0.3, 0.4) is 0 Å². The third-order valence-electron chi connectivity index (χ3n) is 5.27. The van der Waals surface area contributed by atoms with Crippen molar-refractivity contribution in [3.05, 3.63) is 57.3 Å². The van der Waals surface area contributed by atoms with Crippen molar-refractivity contribution in [2.45, 2.75) is 13.0 Å². The van der Waals surface area contributed by atoms with Gasteiger partial charge in [-0.1, -0.05) is 17.7 Å². The highest BCUT2D eigenvalue weighted by molar-refractivity contribution is 6.34. The van der Waals surface area contributed by atoms with Crippen molar-refractivity contribution in [2.75, 3.05) is 31.6 Å². The van der Waals surface area contributed by atoms with E-state index in [4.69, 9.17) is 16.3 Å². The van der Waals surface area contributed by atoms with Crippen LogP contribution in [0.1, 0.15) is 6.92 Å². The monoisotopic (exact) mass is 419 g/mol. The lowest BCUT2D eigenvalue weighted by molar-refractivity contribution is 0.413. The number of aromatic amines is 1. The molecule has 4 rings (SSSR count). The molecule has 0 spiro atoms. The van der Waals surface area contributed by atoms with Gasteiger partial charge in [0, 0.05) is 42.7 Å². The molecule has 8 heteroatoms. The van der Waals surface area contributed by atoms with Crippen LogP contribution < -0.4 is 20.5 Å². The number of fused-ring (bicyclic) bond motifs is 1. The summed E-state index contributed by atoms with van der Waals surface area (Å²) in [6.45, 7) is 4.19. The second kappa shape index (κ2) is 7.65. The Morgan fingerprint density at radius 2 is 2.03 bits per heavy atom. The Hall–Kier alpha value is -2.64. The van der Waals surface area contributed by atoms with Crippen LogP contribution in [0.5, 0.6) is 5.75 Å². The maximum Gasteiger partial charge on any atom is 0.250 e. The van der Waals surface area contributed by atoms with Gasteiger partial charge in [-0.2, -0.15) is 0 Å². The first-order valence-corrected chi connectivity index (χ1v) is 9.65. The normalized spacial score (nSPS) is 17.0. The molecular weight excluding hydrogens is 400 g/mol. The van der Waals surface area contributed by atoms with Crippen molar-refractivity contribution in [1.82, 2.24) is 10.3 Å². The summed E-state index contributed by atoms with van der Waals surface area (Å²) in [5, 5.41) is 3.79. The first-order valence-electron chi connectivity index (χ1n) is 9.27. The minimum atomic E-state index is -0.794. The van der Waals surface area contributed by atoms with E-state index < -0.39 is 17.2 Å². The number of benzene rings is 2. The molecule has 1 fully saturated rings. The summed E-state index contributed by atoms with van der Waals surface area (Å²) < 4.78 is 35.4. The van der Waals surface area contributed by atoms with E-state index in [0.29, 0.717) is 17.6 Å². The molecule has 29 heavy (non-hydrogen) atoms. The smallest absolute Gasteiger partial charge is 0.250 e. The lowest BCUT2D eigenvalue weighted by Gasteiger charge is -2.36. The van der Waals surface area contributed by atoms with E-state index in [-0.39, 0.29) is 33.5 Å². The zero-order valence-corrected chi connectivity index (χ0v) is 16.7. The van der Waals surface area contributed by atoms with Gasteiger partial charge in [0.05, 0.1) is 28.9 Å². The summed E-state index contributed by atoms with van der Waals surface area (Å²) >= 11 is 6.45. The zero-order chi connectivity index (χ0) is 20.7. The molecule has 1 aromatic heterocycles. The number of H-pyrrole nitrogens is 1. The number of aromatic nitrogens is 1. The zero-order valence-electron chi connectivity index (χ0n) is 16.0. The van der Waals surface area contributed by atoms with E-state index in [1.807, 2.05) is 11.8 Å². The number of pyridine rings is 1. The molecule has 2 N–H and O–H groups in total. The van der Waals surface area contributed by atoms with Crippen molar-refractivity contribution >= 4 is 28.2 Å². The molecule has 1 aliphatic heterocycles. The highest BCUT2D eigenvalue weighted by atomic mass is 35.5. The standard InChI is InChI=1S/C21H20ClF2N3O2/c1-11-10-25-6-7-27(11)15-9-17(28)26-21-12(15)8-13(22)18(20(21)24)19-14(23)4-3-5-16(19)29-2/h3-5,8-9,11,25H,6-7,10H2,1-2H3,(H,26,28)/t11-/m0/s1. The predicted molar refractivity (Wildman–Crippen MR) is 111 cm³/mol. The van der Waals surface area contributed by atoms with Gasteiger partial charge < -0.3 is 19.9 Å². The first-order chi connectivity index (χ1) is 13.9. The second-order valence-corrected chi connectivity index (χ2v) is 7.46. The largest absolute Gasteiger partial charge is 0.496 e. The number of rotatable bonds is 3. The number of halogens is 3. The van der Waals surface area contributed by atoms with Crippen molar-refractivity contribution in [2.24, 2.45) is 0 Å². The summed E-state index contributed by atoms with van der Waals surface area (Å²) in [5.74, 6) is -1.31. The van der Waals surface area contributed by atoms with E-state index in [9.17, 15) is 9.18 Å². The SMILES string of the molecule is COc1cccc(F)c1-c1c(Cl)cc2c(N3CCNC[C@@H]3C)cc(=O)[nH]c2c1F. The molecule has 0 bridgehead atoms.